The molecule has 0 aromatic heterocycles. The van der Waals surface area contributed by atoms with Crippen molar-refractivity contribution in [3.63, 3.8) is 0 Å². The molecule has 1 fully saturated rings. The quantitative estimate of drug-likeness (QED) is 0.779. The second-order valence-electron chi connectivity index (χ2n) is 3.73. The van der Waals surface area contributed by atoms with Gasteiger partial charge >= 0.3 is 0 Å². The standard InChI is InChI=1S/C13H16O3/c1-11-4-2-5-12(10-11)14-9-6-13-15-7-3-8-16-13/h1-2,4-5,10,13H,3,6-9H2. The smallest absolute Gasteiger partial charge is 0.160 e. The van der Waals surface area contributed by atoms with Crippen LogP contribution in [0.3, 0.4) is 0 Å². The van der Waals surface area contributed by atoms with Crippen molar-refractivity contribution in [2.45, 2.75) is 19.1 Å². The molecule has 0 unspecified atom stereocenters. The van der Waals surface area contributed by atoms with Gasteiger partial charge in [-0.05, 0) is 31.0 Å². The highest BCUT2D eigenvalue weighted by Crippen LogP contribution is 2.14. The van der Waals surface area contributed by atoms with Gasteiger partial charge in [0.15, 0.2) is 6.29 Å². The lowest BCUT2D eigenvalue weighted by Gasteiger charge is -2.23. The summed E-state index contributed by atoms with van der Waals surface area (Å²) in [5, 5.41) is 0. The summed E-state index contributed by atoms with van der Waals surface area (Å²) < 4.78 is 16.4. The maximum absolute atomic E-state index is 5.64. The van der Waals surface area contributed by atoms with Crippen LogP contribution in [0.25, 0.3) is 0 Å². The molecule has 2 rings (SSSR count). The molecule has 0 saturated carbocycles. The fraction of sp³-hybridized carbons (Fsp3) is 0.462. The SMILES string of the molecule is [CH]c1cccc(OCCC2OCCCO2)c1. The molecule has 16 heavy (non-hydrogen) atoms. The predicted octanol–water partition coefficient (Wildman–Crippen LogP) is 2.28. The maximum Gasteiger partial charge on any atom is 0.160 e. The molecule has 1 heterocycles. The lowest BCUT2D eigenvalue weighted by molar-refractivity contribution is -0.183. The second kappa shape index (κ2) is 5.87. The topological polar surface area (TPSA) is 27.7 Å². The molecule has 86 valence electrons. The van der Waals surface area contributed by atoms with Crippen molar-refractivity contribution in [2.24, 2.45) is 0 Å². The van der Waals surface area contributed by atoms with E-state index in [0.717, 1.165) is 31.8 Å². The van der Waals surface area contributed by atoms with Gasteiger partial charge in [-0.15, -0.1) is 0 Å². The molecule has 1 aromatic rings. The van der Waals surface area contributed by atoms with Gasteiger partial charge in [-0.1, -0.05) is 12.1 Å². The van der Waals surface area contributed by atoms with Crippen LogP contribution in [0.1, 0.15) is 18.4 Å². The Hall–Kier alpha value is -1.06. The van der Waals surface area contributed by atoms with E-state index in [1.54, 1.807) is 0 Å². The Balaban J connectivity index is 1.71. The van der Waals surface area contributed by atoms with Gasteiger partial charge in [-0.3, -0.25) is 0 Å². The lowest BCUT2D eigenvalue weighted by Crippen LogP contribution is -2.26. The molecule has 0 bridgehead atoms. The number of rotatable bonds is 4. The summed E-state index contributed by atoms with van der Waals surface area (Å²) in [7, 11) is 0. The lowest BCUT2D eigenvalue weighted by atomic mass is 10.2. The summed E-state index contributed by atoms with van der Waals surface area (Å²) in [4.78, 5) is 0. The third-order valence-electron chi connectivity index (χ3n) is 2.38. The van der Waals surface area contributed by atoms with Crippen molar-refractivity contribution < 1.29 is 14.2 Å². The summed E-state index contributed by atoms with van der Waals surface area (Å²) in [6, 6.07) is 7.40. The zero-order valence-corrected chi connectivity index (χ0v) is 9.22. The summed E-state index contributed by atoms with van der Waals surface area (Å²) in [6.07, 6.45) is 1.61. The summed E-state index contributed by atoms with van der Waals surface area (Å²) >= 11 is 0. The maximum atomic E-state index is 5.64. The first-order valence-electron chi connectivity index (χ1n) is 5.56. The van der Waals surface area contributed by atoms with E-state index in [0.29, 0.717) is 12.2 Å². The van der Waals surface area contributed by atoms with E-state index in [1.165, 1.54) is 0 Å². The highest BCUT2D eigenvalue weighted by Gasteiger charge is 2.13. The van der Waals surface area contributed by atoms with Gasteiger partial charge in [0.05, 0.1) is 19.8 Å². The minimum atomic E-state index is -0.116. The summed E-state index contributed by atoms with van der Waals surface area (Å²) in [5.41, 5.74) is 0.711. The Morgan fingerprint density at radius 2 is 2.12 bits per heavy atom. The van der Waals surface area contributed by atoms with Gasteiger partial charge in [0.25, 0.3) is 0 Å². The fourth-order valence-corrected chi connectivity index (χ4v) is 1.58. The van der Waals surface area contributed by atoms with E-state index in [-0.39, 0.29) is 6.29 Å². The van der Waals surface area contributed by atoms with Crippen molar-refractivity contribution in [3.8, 4) is 5.75 Å². The molecule has 0 N–H and O–H groups in total. The van der Waals surface area contributed by atoms with Crippen LogP contribution in [0.5, 0.6) is 5.75 Å². The Morgan fingerprint density at radius 1 is 1.31 bits per heavy atom. The molecular weight excluding hydrogens is 204 g/mol. The summed E-state index contributed by atoms with van der Waals surface area (Å²) in [5.74, 6) is 0.788. The molecule has 1 aliphatic rings. The van der Waals surface area contributed by atoms with Crippen LogP contribution in [-0.4, -0.2) is 26.1 Å². The average Bonchev–Trinajstić information content (AvgIpc) is 2.30. The van der Waals surface area contributed by atoms with E-state index in [1.807, 2.05) is 24.3 Å². The first kappa shape index (κ1) is 11.4. The third kappa shape index (κ3) is 3.51. The van der Waals surface area contributed by atoms with Crippen LogP contribution >= 0.6 is 0 Å². The third-order valence-corrected chi connectivity index (χ3v) is 2.38. The molecule has 0 aliphatic carbocycles. The van der Waals surface area contributed by atoms with E-state index >= 15 is 0 Å². The Bertz CT molecular complexity index is 319. The minimum Gasteiger partial charge on any atom is -0.493 e. The van der Waals surface area contributed by atoms with Gasteiger partial charge in [0.2, 0.25) is 0 Å². The van der Waals surface area contributed by atoms with Crippen LogP contribution in [-0.2, 0) is 9.47 Å². The number of hydrogen-bond acceptors (Lipinski definition) is 3. The van der Waals surface area contributed by atoms with E-state index < -0.39 is 0 Å². The Kier molecular flexibility index (Phi) is 4.19. The zero-order chi connectivity index (χ0) is 11.2. The molecule has 1 saturated heterocycles. The number of benzene rings is 1. The molecule has 0 amide bonds. The van der Waals surface area contributed by atoms with Gasteiger partial charge in [-0.25, -0.2) is 0 Å². The molecule has 0 atom stereocenters. The van der Waals surface area contributed by atoms with Crippen LogP contribution < -0.4 is 4.74 Å². The van der Waals surface area contributed by atoms with Gasteiger partial charge < -0.3 is 14.2 Å². The van der Waals surface area contributed by atoms with Crippen LogP contribution in [0.15, 0.2) is 24.3 Å². The Morgan fingerprint density at radius 3 is 2.88 bits per heavy atom. The molecule has 0 spiro atoms. The van der Waals surface area contributed by atoms with Crippen LogP contribution in [0.2, 0.25) is 0 Å². The van der Waals surface area contributed by atoms with Gasteiger partial charge in [0, 0.05) is 6.42 Å². The monoisotopic (exact) mass is 220 g/mol. The fourth-order valence-electron chi connectivity index (χ4n) is 1.58. The molecule has 3 heteroatoms. The van der Waals surface area contributed by atoms with Crippen LogP contribution in [0, 0.1) is 6.92 Å². The van der Waals surface area contributed by atoms with Gasteiger partial charge in [0.1, 0.15) is 5.75 Å². The highest BCUT2D eigenvalue weighted by molar-refractivity contribution is 5.29. The van der Waals surface area contributed by atoms with Crippen LogP contribution in [0.4, 0.5) is 0 Å². The molecule has 1 aromatic carbocycles. The van der Waals surface area contributed by atoms with Crippen molar-refractivity contribution in [3.05, 3.63) is 36.8 Å². The molecule has 1 aliphatic heterocycles. The first-order valence-corrected chi connectivity index (χ1v) is 5.56. The zero-order valence-electron chi connectivity index (χ0n) is 9.22. The van der Waals surface area contributed by atoms with Gasteiger partial charge in [-0.2, -0.15) is 0 Å². The van der Waals surface area contributed by atoms with Crippen molar-refractivity contribution >= 4 is 0 Å². The first-order chi connectivity index (χ1) is 7.84. The van der Waals surface area contributed by atoms with Crippen molar-refractivity contribution in [2.75, 3.05) is 19.8 Å². The van der Waals surface area contributed by atoms with E-state index in [2.05, 4.69) is 0 Å². The largest absolute Gasteiger partial charge is 0.493 e. The van der Waals surface area contributed by atoms with E-state index in [4.69, 9.17) is 21.1 Å². The van der Waals surface area contributed by atoms with E-state index in [9.17, 15) is 0 Å². The minimum absolute atomic E-state index is 0.116. The average molecular weight is 220 g/mol. The highest BCUT2D eigenvalue weighted by atomic mass is 16.7. The number of hydrogen-bond donors (Lipinski definition) is 0. The Labute approximate surface area is 96.3 Å². The molecular formula is C13H16O3. The molecule has 2 radical (unpaired) electrons. The summed E-state index contributed by atoms with van der Waals surface area (Å²) in [6.45, 7) is 7.78. The second-order valence-corrected chi connectivity index (χ2v) is 3.73. The predicted molar refractivity (Wildman–Crippen MR) is 60.3 cm³/mol. The normalized spacial score (nSPS) is 17.3. The van der Waals surface area contributed by atoms with Crippen molar-refractivity contribution in [1.82, 2.24) is 0 Å². The van der Waals surface area contributed by atoms with Crippen molar-refractivity contribution in [1.29, 1.82) is 0 Å². The number of ether oxygens (including phenoxy) is 3. The molecule has 3 nitrogen and oxygen atoms in total.